The molecule has 0 radical (unpaired) electrons. The maximum Gasteiger partial charge on any atom is 0.276 e. The minimum absolute atomic E-state index is 0.296. The largest absolute Gasteiger partial charge is 0.438 e. The molecule has 1 aromatic heterocycles. The first kappa shape index (κ1) is 13.1. The highest BCUT2D eigenvalue weighted by molar-refractivity contribution is 5.66. The summed E-state index contributed by atoms with van der Waals surface area (Å²) in [5, 5.41) is 0. The molecule has 2 aromatic carbocycles. The van der Waals surface area contributed by atoms with E-state index in [1.807, 2.05) is 66.7 Å². The van der Waals surface area contributed by atoms with Crippen LogP contribution >= 0.6 is 0 Å². The van der Waals surface area contributed by atoms with E-state index < -0.39 is 0 Å². The molecule has 0 spiro atoms. The summed E-state index contributed by atoms with van der Waals surface area (Å²) >= 11 is 0. The second-order valence-corrected chi connectivity index (χ2v) is 4.51. The lowest BCUT2D eigenvalue weighted by atomic mass is 10.2. The quantitative estimate of drug-likeness (QED) is 0.728. The van der Waals surface area contributed by atoms with Gasteiger partial charge >= 0.3 is 0 Å². The average Bonchev–Trinajstić information content (AvgIpc) is 2.54. The zero-order valence-electron chi connectivity index (χ0n) is 11.3. The predicted molar refractivity (Wildman–Crippen MR) is 83.6 cm³/mol. The molecule has 0 aliphatic heterocycles. The molecule has 0 aliphatic carbocycles. The molecule has 0 aliphatic rings. The summed E-state index contributed by atoms with van der Waals surface area (Å²) in [6.45, 7) is 0. The molecule has 0 amide bonds. The third kappa shape index (κ3) is 3.34. The fourth-order valence-corrected chi connectivity index (χ4v) is 1.97. The summed E-state index contributed by atoms with van der Waals surface area (Å²) in [5.41, 5.74) is 1.56. The highest BCUT2D eigenvalue weighted by Gasteiger charge is 2.03. The van der Waals surface area contributed by atoms with Gasteiger partial charge in [0.15, 0.2) is 0 Å². The molecule has 0 bridgehead atoms. The Kier molecular flexibility index (Phi) is 3.74. The molecular formula is C18H13NO2. The van der Waals surface area contributed by atoms with Crippen LogP contribution in [0.1, 0.15) is 11.5 Å². The van der Waals surface area contributed by atoms with Crippen LogP contribution < -0.4 is 5.56 Å². The van der Waals surface area contributed by atoms with E-state index >= 15 is 0 Å². The van der Waals surface area contributed by atoms with E-state index in [9.17, 15) is 4.79 Å². The van der Waals surface area contributed by atoms with Gasteiger partial charge in [0, 0.05) is 17.7 Å². The van der Waals surface area contributed by atoms with Crippen molar-refractivity contribution in [2.75, 3.05) is 0 Å². The predicted octanol–water partition coefficient (Wildman–Crippen LogP) is 3.87. The molecule has 21 heavy (non-hydrogen) atoms. The lowest BCUT2D eigenvalue weighted by molar-refractivity contribution is 0.527. The molecule has 1 heterocycles. The first-order chi connectivity index (χ1) is 10.3. The second kappa shape index (κ2) is 6.01. The van der Waals surface area contributed by atoms with Gasteiger partial charge in [-0.3, -0.25) is 4.79 Å². The molecule has 3 aromatic rings. The van der Waals surface area contributed by atoms with Crippen LogP contribution in [0.15, 0.2) is 75.9 Å². The van der Waals surface area contributed by atoms with Crippen molar-refractivity contribution in [3.63, 3.8) is 0 Å². The number of benzene rings is 2. The van der Waals surface area contributed by atoms with Crippen LogP contribution in [0.25, 0.3) is 23.5 Å². The summed E-state index contributed by atoms with van der Waals surface area (Å²) in [5.74, 6) is 0.813. The van der Waals surface area contributed by atoms with Crippen molar-refractivity contribution in [1.29, 1.82) is 0 Å². The summed E-state index contributed by atoms with van der Waals surface area (Å²) in [6.07, 6.45) is 3.56. The average molecular weight is 275 g/mol. The number of nitrogens with zero attached hydrogens (tertiary/aromatic N) is 1. The van der Waals surface area contributed by atoms with Gasteiger partial charge in [0.1, 0.15) is 5.76 Å². The zero-order valence-corrected chi connectivity index (χ0v) is 11.3. The van der Waals surface area contributed by atoms with Crippen molar-refractivity contribution in [3.05, 3.63) is 88.5 Å². The third-order valence-electron chi connectivity index (χ3n) is 2.97. The van der Waals surface area contributed by atoms with E-state index in [1.165, 1.54) is 6.07 Å². The van der Waals surface area contributed by atoms with E-state index in [0.717, 1.165) is 11.1 Å². The Labute approximate surface area is 122 Å². The Hall–Kier alpha value is -2.94. The van der Waals surface area contributed by atoms with Gasteiger partial charge in [-0.05, 0) is 11.6 Å². The van der Waals surface area contributed by atoms with Crippen molar-refractivity contribution >= 4 is 12.2 Å². The standard InChI is InChI=1S/C18H13NO2/c20-17-13-16(15-9-5-2-6-10-15)21-18(19-17)12-11-14-7-3-1-4-8-14/h1-13H. The van der Waals surface area contributed by atoms with Gasteiger partial charge in [-0.2, -0.15) is 4.98 Å². The molecule has 3 nitrogen and oxygen atoms in total. The molecule has 3 heteroatoms. The first-order valence-electron chi connectivity index (χ1n) is 6.62. The van der Waals surface area contributed by atoms with Crippen molar-refractivity contribution in [2.45, 2.75) is 0 Å². The minimum Gasteiger partial charge on any atom is -0.438 e. The smallest absolute Gasteiger partial charge is 0.276 e. The highest BCUT2D eigenvalue weighted by Crippen LogP contribution is 2.18. The van der Waals surface area contributed by atoms with Gasteiger partial charge in [0.25, 0.3) is 5.56 Å². The van der Waals surface area contributed by atoms with Gasteiger partial charge in [0.2, 0.25) is 5.89 Å². The lowest BCUT2D eigenvalue weighted by Gasteiger charge is -2.00. The third-order valence-corrected chi connectivity index (χ3v) is 2.97. The number of hydrogen-bond donors (Lipinski definition) is 0. The van der Waals surface area contributed by atoms with Crippen LogP contribution in [0.4, 0.5) is 0 Å². The Morgan fingerprint density at radius 2 is 1.52 bits per heavy atom. The summed E-state index contributed by atoms with van der Waals surface area (Å²) < 4.78 is 5.67. The minimum atomic E-state index is -0.312. The van der Waals surface area contributed by atoms with Gasteiger partial charge in [-0.25, -0.2) is 0 Å². The first-order valence-corrected chi connectivity index (χ1v) is 6.62. The van der Waals surface area contributed by atoms with Crippen molar-refractivity contribution in [2.24, 2.45) is 0 Å². The van der Waals surface area contributed by atoms with Gasteiger partial charge in [-0.1, -0.05) is 60.7 Å². The maximum absolute atomic E-state index is 11.7. The topological polar surface area (TPSA) is 43.1 Å². The van der Waals surface area contributed by atoms with Gasteiger partial charge < -0.3 is 4.42 Å². The Morgan fingerprint density at radius 1 is 0.857 bits per heavy atom. The zero-order chi connectivity index (χ0) is 14.5. The summed E-state index contributed by atoms with van der Waals surface area (Å²) in [7, 11) is 0. The maximum atomic E-state index is 11.7. The van der Waals surface area contributed by atoms with Crippen molar-refractivity contribution in [3.8, 4) is 11.3 Å². The van der Waals surface area contributed by atoms with Crippen LogP contribution in [0.2, 0.25) is 0 Å². The Bertz CT molecular complexity index is 805. The van der Waals surface area contributed by atoms with E-state index in [-0.39, 0.29) is 5.56 Å². The summed E-state index contributed by atoms with van der Waals surface area (Å²) in [4.78, 5) is 15.6. The van der Waals surface area contributed by atoms with Crippen LogP contribution in [0.3, 0.4) is 0 Å². The van der Waals surface area contributed by atoms with Crippen LogP contribution in [0, 0.1) is 0 Å². The molecule has 0 atom stereocenters. The molecule has 0 N–H and O–H groups in total. The monoisotopic (exact) mass is 275 g/mol. The molecular weight excluding hydrogens is 262 g/mol. The lowest BCUT2D eigenvalue weighted by Crippen LogP contribution is -2.05. The molecule has 3 rings (SSSR count). The molecule has 0 fully saturated rings. The van der Waals surface area contributed by atoms with Crippen molar-refractivity contribution in [1.82, 2.24) is 4.98 Å². The number of aromatic nitrogens is 1. The number of hydrogen-bond acceptors (Lipinski definition) is 3. The fraction of sp³-hybridized carbons (Fsp3) is 0. The van der Waals surface area contributed by atoms with E-state index in [0.29, 0.717) is 11.7 Å². The molecule has 102 valence electrons. The van der Waals surface area contributed by atoms with Crippen LogP contribution in [-0.4, -0.2) is 4.98 Å². The van der Waals surface area contributed by atoms with Crippen LogP contribution in [-0.2, 0) is 0 Å². The highest BCUT2D eigenvalue weighted by atomic mass is 16.3. The SMILES string of the molecule is O=c1cc(-c2ccccc2)oc(C=Cc2ccccc2)n1. The van der Waals surface area contributed by atoms with E-state index in [4.69, 9.17) is 4.42 Å². The normalized spacial score (nSPS) is 10.9. The van der Waals surface area contributed by atoms with Gasteiger partial charge in [-0.15, -0.1) is 0 Å². The molecule has 0 saturated heterocycles. The van der Waals surface area contributed by atoms with E-state index in [1.54, 1.807) is 6.08 Å². The molecule has 0 saturated carbocycles. The Morgan fingerprint density at radius 3 is 2.24 bits per heavy atom. The second-order valence-electron chi connectivity index (χ2n) is 4.51. The number of rotatable bonds is 3. The van der Waals surface area contributed by atoms with E-state index in [2.05, 4.69) is 4.98 Å². The van der Waals surface area contributed by atoms with Crippen LogP contribution in [0.5, 0.6) is 0 Å². The Balaban J connectivity index is 1.95. The fourth-order valence-electron chi connectivity index (χ4n) is 1.97. The van der Waals surface area contributed by atoms with Gasteiger partial charge in [0.05, 0.1) is 0 Å². The molecule has 0 unspecified atom stereocenters. The summed E-state index contributed by atoms with van der Waals surface area (Å²) in [6, 6.07) is 20.7. The van der Waals surface area contributed by atoms with Crippen molar-refractivity contribution < 1.29 is 4.42 Å².